The topological polar surface area (TPSA) is 46.5 Å². The fourth-order valence-corrected chi connectivity index (χ4v) is 1.52. The molecule has 2 aromatic rings. The minimum atomic E-state index is -0.941. The molecule has 1 N–H and O–H groups in total. The van der Waals surface area contributed by atoms with E-state index in [4.69, 9.17) is 9.84 Å². The molecule has 0 unspecified atom stereocenters. The molecule has 0 aliphatic heterocycles. The predicted molar refractivity (Wildman–Crippen MR) is 84.9 cm³/mol. The van der Waals surface area contributed by atoms with Gasteiger partial charge in [-0.15, -0.1) is 0 Å². The van der Waals surface area contributed by atoms with Crippen LogP contribution in [-0.2, 0) is 9.53 Å². The van der Waals surface area contributed by atoms with Crippen LogP contribution in [0, 0.1) is 0 Å². The van der Waals surface area contributed by atoms with E-state index in [1.807, 2.05) is 12.1 Å². The molecule has 0 aromatic heterocycles. The van der Waals surface area contributed by atoms with Crippen LogP contribution in [-0.4, -0.2) is 17.7 Å². The van der Waals surface area contributed by atoms with E-state index in [-0.39, 0.29) is 5.57 Å². The van der Waals surface area contributed by atoms with E-state index in [9.17, 15) is 4.79 Å². The van der Waals surface area contributed by atoms with E-state index < -0.39 is 5.97 Å². The Kier molecular flexibility index (Phi) is 7.36. The summed E-state index contributed by atoms with van der Waals surface area (Å²) >= 11 is 0. The first-order valence-electron chi connectivity index (χ1n) is 6.77. The average molecular weight is 284 g/mol. The lowest BCUT2D eigenvalue weighted by Crippen LogP contribution is -1.96. The van der Waals surface area contributed by atoms with Crippen LogP contribution in [0.3, 0.4) is 0 Å². The smallest absolute Gasteiger partial charge is 0.334 e. The summed E-state index contributed by atoms with van der Waals surface area (Å²) in [7, 11) is 0. The highest BCUT2D eigenvalue weighted by molar-refractivity contribution is 5.85. The van der Waals surface area contributed by atoms with Crippen LogP contribution in [0.4, 0.5) is 0 Å². The highest BCUT2D eigenvalue weighted by Crippen LogP contribution is 2.17. The number of benzene rings is 2. The van der Waals surface area contributed by atoms with E-state index in [2.05, 4.69) is 48.5 Å². The van der Waals surface area contributed by atoms with Crippen molar-refractivity contribution in [1.29, 1.82) is 0 Å². The van der Waals surface area contributed by atoms with Gasteiger partial charge < -0.3 is 9.84 Å². The van der Waals surface area contributed by atoms with Crippen molar-refractivity contribution in [2.45, 2.75) is 13.8 Å². The van der Waals surface area contributed by atoms with Crippen molar-refractivity contribution in [2.24, 2.45) is 0 Å². The first-order valence-corrected chi connectivity index (χ1v) is 6.77. The average Bonchev–Trinajstić information content (AvgIpc) is 2.54. The summed E-state index contributed by atoms with van der Waals surface area (Å²) in [6.45, 7) is 3.79. The van der Waals surface area contributed by atoms with Crippen LogP contribution in [0.2, 0.25) is 0 Å². The third kappa shape index (κ3) is 6.43. The molecule has 0 atom stereocenters. The Morgan fingerprint density at radius 1 is 1.00 bits per heavy atom. The Hall–Kier alpha value is -2.55. The van der Waals surface area contributed by atoms with Crippen LogP contribution in [0.25, 0.3) is 11.1 Å². The Morgan fingerprint density at radius 2 is 1.43 bits per heavy atom. The van der Waals surface area contributed by atoms with Gasteiger partial charge in [-0.3, -0.25) is 0 Å². The maximum absolute atomic E-state index is 10.1. The van der Waals surface area contributed by atoms with Crippen molar-refractivity contribution in [2.75, 3.05) is 6.61 Å². The van der Waals surface area contributed by atoms with E-state index in [0.29, 0.717) is 6.61 Å². The third-order valence-electron chi connectivity index (χ3n) is 2.65. The number of ether oxygens (including phenoxy) is 1. The second-order valence-electron chi connectivity index (χ2n) is 4.29. The first-order chi connectivity index (χ1) is 10.1. The standard InChI is InChI=1S/C12H10.C6H10O3/c1-3-7-11(8-4-1)12-9-5-2-6-10-12;1-3-9-4-5(2)6(7)8/h1-10H;4H,3H2,1-2H3,(H,7,8). The fraction of sp³-hybridized carbons (Fsp3) is 0.167. The number of hydrogen-bond donors (Lipinski definition) is 1. The quantitative estimate of drug-likeness (QED) is 0.670. The number of rotatable bonds is 4. The number of carboxylic acid groups (broad SMARTS) is 1. The van der Waals surface area contributed by atoms with Gasteiger partial charge in [0.25, 0.3) is 0 Å². The van der Waals surface area contributed by atoms with Gasteiger partial charge in [-0.2, -0.15) is 0 Å². The molecule has 0 fully saturated rings. The van der Waals surface area contributed by atoms with Crippen molar-refractivity contribution in [3.05, 3.63) is 72.5 Å². The largest absolute Gasteiger partial charge is 0.501 e. The zero-order valence-corrected chi connectivity index (χ0v) is 12.3. The summed E-state index contributed by atoms with van der Waals surface area (Å²) in [5, 5.41) is 8.26. The van der Waals surface area contributed by atoms with Crippen molar-refractivity contribution < 1.29 is 14.6 Å². The van der Waals surface area contributed by atoms with Gasteiger partial charge in [0.05, 0.1) is 18.4 Å². The molecule has 110 valence electrons. The summed E-state index contributed by atoms with van der Waals surface area (Å²) in [4.78, 5) is 10.1. The molecule has 0 spiro atoms. The van der Waals surface area contributed by atoms with E-state index in [1.165, 1.54) is 24.3 Å². The fourth-order valence-electron chi connectivity index (χ4n) is 1.52. The molecule has 2 rings (SSSR count). The maximum atomic E-state index is 10.1. The van der Waals surface area contributed by atoms with Crippen LogP contribution in [0.5, 0.6) is 0 Å². The molecule has 3 heteroatoms. The summed E-state index contributed by atoms with van der Waals surface area (Å²) in [5.41, 5.74) is 2.77. The lowest BCUT2D eigenvalue weighted by Gasteiger charge is -1.98. The number of carboxylic acids is 1. The van der Waals surface area contributed by atoms with E-state index in [0.717, 1.165) is 0 Å². The van der Waals surface area contributed by atoms with Gasteiger partial charge >= 0.3 is 5.97 Å². The molecule has 0 saturated carbocycles. The Morgan fingerprint density at radius 3 is 1.76 bits per heavy atom. The molecule has 0 heterocycles. The molecule has 0 radical (unpaired) electrons. The molecule has 21 heavy (non-hydrogen) atoms. The summed E-state index contributed by atoms with van der Waals surface area (Å²) < 4.78 is 4.71. The Labute approximate surface area is 125 Å². The van der Waals surface area contributed by atoms with Crippen LogP contribution in [0.15, 0.2) is 72.5 Å². The van der Waals surface area contributed by atoms with E-state index >= 15 is 0 Å². The van der Waals surface area contributed by atoms with Gasteiger partial charge in [0.2, 0.25) is 0 Å². The Bertz CT molecular complexity index is 522. The van der Waals surface area contributed by atoms with Crippen LogP contribution < -0.4 is 0 Å². The molecule has 0 saturated heterocycles. The molecule has 0 aliphatic carbocycles. The molecular weight excluding hydrogens is 264 g/mol. The van der Waals surface area contributed by atoms with Gasteiger partial charge in [-0.05, 0) is 25.0 Å². The summed E-state index contributed by atoms with van der Waals surface area (Å²) in [6, 6.07) is 20.8. The van der Waals surface area contributed by atoms with E-state index in [1.54, 1.807) is 6.92 Å². The monoisotopic (exact) mass is 284 g/mol. The van der Waals surface area contributed by atoms with Crippen LogP contribution in [0.1, 0.15) is 13.8 Å². The summed E-state index contributed by atoms with van der Waals surface area (Å²) in [6.07, 6.45) is 1.24. The maximum Gasteiger partial charge on any atom is 0.334 e. The number of aliphatic carboxylic acids is 1. The van der Waals surface area contributed by atoms with Crippen molar-refractivity contribution in [3.63, 3.8) is 0 Å². The lowest BCUT2D eigenvalue weighted by molar-refractivity contribution is -0.132. The van der Waals surface area contributed by atoms with Gasteiger partial charge in [-0.25, -0.2) is 4.79 Å². The zero-order valence-electron chi connectivity index (χ0n) is 12.3. The van der Waals surface area contributed by atoms with Gasteiger partial charge in [0, 0.05) is 0 Å². The lowest BCUT2D eigenvalue weighted by atomic mass is 10.1. The van der Waals surface area contributed by atoms with Crippen molar-refractivity contribution >= 4 is 5.97 Å². The minimum Gasteiger partial charge on any atom is -0.501 e. The second kappa shape index (κ2) is 9.37. The van der Waals surface area contributed by atoms with Crippen LogP contribution >= 0.6 is 0 Å². The predicted octanol–water partition coefficient (Wildman–Crippen LogP) is 4.36. The molecule has 0 amide bonds. The number of hydrogen-bond acceptors (Lipinski definition) is 2. The minimum absolute atomic E-state index is 0.219. The van der Waals surface area contributed by atoms with Crippen molar-refractivity contribution in [1.82, 2.24) is 0 Å². The molecular formula is C18H20O3. The normalized spacial score (nSPS) is 10.3. The highest BCUT2D eigenvalue weighted by atomic mass is 16.5. The number of carbonyl (C=O) groups is 1. The third-order valence-corrected chi connectivity index (χ3v) is 2.65. The SMILES string of the molecule is CCOC=C(C)C(=O)O.c1ccc(-c2ccccc2)cc1. The zero-order chi connectivity index (χ0) is 15.5. The first kappa shape index (κ1) is 16.5. The summed E-state index contributed by atoms with van der Waals surface area (Å²) in [5.74, 6) is -0.941. The molecule has 2 aromatic carbocycles. The van der Waals surface area contributed by atoms with Gasteiger partial charge in [0.15, 0.2) is 0 Å². The second-order valence-corrected chi connectivity index (χ2v) is 4.29. The molecule has 0 aliphatic rings. The van der Waals surface area contributed by atoms with Gasteiger partial charge in [0.1, 0.15) is 0 Å². The Balaban J connectivity index is 0.000000222. The molecule has 3 nitrogen and oxygen atoms in total. The highest BCUT2D eigenvalue weighted by Gasteiger charge is 1.97. The molecule has 0 bridgehead atoms. The van der Waals surface area contributed by atoms with Crippen molar-refractivity contribution in [3.8, 4) is 11.1 Å². The van der Waals surface area contributed by atoms with Gasteiger partial charge in [-0.1, -0.05) is 60.7 Å².